The van der Waals surface area contributed by atoms with Crippen molar-refractivity contribution < 1.29 is 9.90 Å². The van der Waals surface area contributed by atoms with Gasteiger partial charge >= 0.3 is 5.97 Å². The van der Waals surface area contributed by atoms with E-state index in [1.807, 2.05) is 0 Å². The van der Waals surface area contributed by atoms with Crippen molar-refractivity contribution in [3.8, 4) is 0 Å². The Bertz CT molecular complexity index is 527. The maximum atomic E-state index is 11.7. The number of carboxylic acids is 1. The summed E-state index contributed by atoms with van der Waals surface area (Å²) in [6, 6.07) is -0.770. The summed E-state index contributed by atoms with van der Waals surface area (Å²) in [5.41, 5.74) is 5.00. The molecule has 7 heteroatoms. The molecule has 1 aliphatic carbocycles. The van der Waals surface area contributed by atoms with E-state index in [4.69, 9.17) is 10.8 Å². The molecule has 3 N–H and O–H groups in total. The highest BCUT2D eigenvalue weighted by atomic mass is 35.5. The molecule has 3 atom stereocenters. The molecule has 1 aliphatic heterocycles. The Kier molecular flexibility index (Phi) is 2.20. The van der Waals surface area contributed by atoms with Crippen LogP contribution in [0.5, 0.6) is 0 Å². The van der Waals surface area contributed by atoms with Gasteiger partial charge in [0.05, 0.1) is 6.20 Å². The number of nitrogens with zero attached hydrogens (tertiary/aromatic N) is 2. The molecule has 0 unspecified atom stereocenters. The fraction of sp³-hybridized carbons (Fsp3) is 0.444. The molecule has 0 amide bonds. The zero-order valence-corrected chi connectivity index (χ0v) is 8.98. The average molecular weight is 244 g/mol. The zero-order chi connectivity index (χ0) is 10.7. The molecule has 6 nitrogen and oxygen atoms in total. The van der Waals surface area contributed by atoms with Crippen molar-refractivity contribution >= 4 is 24.1 Å². The molecule has 16 heavy (non-hydrogen) atoms. The van der Waals surface area contributed by atoms with Gasteiger partial charge in [0.1, 0.15) is 17.6 Å². The Hall–Kier alpha value is -1.56. The molecule has 0 saturated heterocycles. The van der Waals surface area contributed by atoms with E-state index in [1.165, 1.54) is 10.8 Å². The van der Waals surface area contributed by atoms with Gasteiger partial charge in [-0.25, -0.2) is 9.78 Å². The van der Waals surface area contributed by atoms with Crippen molar-refractivity contribution in [1.82, 2.24) is 9.55 Å². The number of anilines is 1. The third-order valence-electron chi connectivity index (χ3n) is 3.16. The maximum absolute atomic E-state index is 11.7. The molecule has 1 saturated carbocycles. The van der Waals surface area contributed by atoms with Gasteiger partial charge in [-0.15, -0.1) is 12.4 Å². The molecule has 3 rings (SSSR count). The SMILES string of the molecule is Cl.Nc1cnc2n(c1=O)[C@H](C(=O)O)[C@@H]1C[C@H]21. The fourth-order valence-corrected chi connectivity index (χ4v) is 2.38. The number of halogens is 1. The van der Waals surface area contributed by atoms with Crippen LogP contribution in [-0.2, 0) is 4.79 Å². The standard InChI is InChI=1S/C9H9N3O3.ClH/c10-5-2-11-7-4-1-3(4)6(9(14)15)12(7)8(5)13;/h2-4,6H,1,10H2,(H,14,15);1H/t3-,4+,6+;/m1./s1. The largest absolute Gasteiger partial charge is 0.480 e. The van der Waals surface area contributed by atoms with E-state index < -0.39 is 17.6 Å². The number of aromatic nitrogens is 2. The second-order valence-electron chi connectivity index (χ2n) is 4.04. The number of fused-ring (bicyclic) bond motifs is 3. The van der Waals surface area contributed by atoms with Crippen LogP contribution in [0, 0.1) is 5.92 Å². The third-order valence-corrected chi connectivity index (χ3v) is 3.16. The first-order chi connectivity index (χ1) is 7.11. The molecular weight excluding hydrogens is 234 g/mol. The zero-order valence-electron chi connectivity index (χ0n) is 8.16. The highest BCUT2D eigenvalue weighted by molar-refractivity contribution is 5.85. The number of rotatable bonds is 1. The maximum Gasteiger partial charge on any atom is 0.327 e. The predicted octanol–water partition coefficient (Wildman–Crippen LogP) is -0.00990. The van der Waals surface area contributed by atoms with Gasteiger partial charge in [0, 0.05) is 11.8 Å². The van der Waals surface area contributed by atoms with Crippen LogP contribution in [0.15, 0.2) is 11.0 Å². The summed E-state index contributed by atoms with van der Waals surface area (Å²) in [5, 5.41) is 9.04. The highest BCUT2D eigenvalue weighted by Gasteiger charge is 2.56. The molecule has 2 heterocycles. The summed E-state index contributed by atoms with van der Waals surface area (Å²) in [4.78, 5) is 26.8. The summed E-state index contributed by atoms with van der Waals surface area (Å²) in [6.07, 6.45) is 2.13. The summed E-state index contributed by atoms with van der Waals surface area (Å²) in [7, 11) is 0. The van der Waals surface area contributed by atoms with E-state index in [1.54, 1.807) is 0 Å². The fourth-order valence-electron chi connectivity index (χ4n) is 2.38. The Balaban J connectivity index is 0.000000963. The number of hydrogen-bond acceptors (Lipinski definition) is 4. The van der Waals surface area contributed by atoms with Gasteiger partial charge in [0.15, 0.2) is 0 Å². The molecule has 1 aromatic heterocycles. The van der Waals surface area contributed by atoms with Crippen molar-refractivity contribution in [2.75, 3.05) is 5.73 Å². The van der Waals surface area contributed by atoms with Gasteiger partial charge in [-0.1, -0.05) is 0 Å². The number of nitrogen functional groups attached to an aromatic ring is 1. The first-order valence-corrected chi connectivity index (χ1v) is 4.71. The number of hydrogen-bond donors (Lipinski definition) is 2. The predicted molar refractivity (Wildman–Crippen MR) is 57.7 cm³/mol. The monoisotopic (exact) mass is 243 g/mol. The highest BCUT2D eigenvalue weighted by Crippen LogP contribution is 2.58. The second kappa shape index (κ2) is 3.21. The Morgan fingerprint density at radius 1 is 1.62 bits per heavy atom. The van der Waals surface area contributed by atoms with Crippen molar-refractivity contribution in [2.24, 2.45) is 5.92 Å². The van der Waals surface area contributed by atoms with Crippen LogP contribution in [-0.4, -0.2) is 20.6 Å². The van der Waals surface area contributed by atoms with Crippen molar-refractivity contribution in [3.63, 3.8) is 0 Å². The van der Waals surface area contributed by atoms with Crippen LogP contribution in [0.1, 0.15) is 24.2 Å². The third kappa shape index (κ3) is 1.16. The minimum absolute atomic E-state index is 0. The summed E-state index contributed by atoms with van der Waals surface area (Å²) in [6.45, 7) is 0. The molecular formula is C9H10ClN3O3. The van der Waals surface area contributed by atoms with Gasteiger partial charge in [0.25, 0.3) is 5.56 Å². The number of carbonyl (C=O) groups is 1. The summed E-state index contributed by atoms with van der Waals surface area (Å²) >= 11 is 0. The first kappa shape index (κ1) is 10.9. The van der Waals surface area contributed by atoms with Gasteiger partial charge in [-0.3, -0.25) is 9.36 Å². The lowest BCUT2D eigenvalue weighted by atomic mass is 10.2. The molecule has 1 fully saturated rings. The molecule has 0 bridgehead atoms. The smallest absolute Gasteiger partial charge is 0.327 e. The average Bonchev–Trinajstić information content (AvgIpc) is 2.87. The normalized spacial score (nSPS) is 28.9. The van der Waals surface area contributed by atoms with Crippen molar-refractivity contribution in [1.29, 1.82) is 0 Å². The Labute approximate surface area is 96.5 Å². The van der Waals surface area contributed by atoms with E-state index in [9.17, 15) is 9.59 Å². The van der Waals surface area contributed by atoms with E-state index >= 15 is 0 Å². The lowest BCUT2D eigenvalue weighted by Crippen LogP contribution is -2.32. The number of carboxylic acid groups (broad SMARTS) is 1. The van der Waals surface area contributed by atoms with Crippen LogP contribution >= 0.6 is 12.4 Å². The lowest BCUT2D eigenvalue weighted by Gasteiger charge is -2.12. The molecule has 0 spiro atoms. The van der Waals surface area contributed by atoms with Crippen molar-refractivity contribution in [2.45, 2.75) is 18.4 Å². The van der Waals surface area contributed by atoms with Crippen molar-refractivity contribution in [3.05, 3.63) is 22.4 Å². The first-order valence-electron chi connectivity index (χ1n) is 4.71. The summed E-state index contributed by atoms with van der Waals surface area (Å²) in [5.74, 6) is -0.230. The van der Waals surface area contributed by atoms with E-state index in [0.29, 0.717) is 5.82 Å². The minimum Gasteiger partial charge on any atom is -0.480 e. The second-order valence-corrected chi connectivity index (χ2v) is 4.04. The lowest BCUT2D eigenvalue weighted by molar-refractivity contribution is -0.141. The van der Waals surface area contributed by atoms with Crippen LogP contribution in [0.25, 0.3) is 0 Å². The summed E-state index contributed by atoms with van der Waals surface area (Å²) < 4.78 is 1.23. The van der Waals surface area contributed by atoms with E-state index in [0.717, 1.165) is 6.42 Å². The topological polar surface area (TPSA) is 98.2 Å². The van der Waals surface area contributed by atoms with Crippen LogP contribution in [0.2, 0.25) is 0 Å². The molecule has 2 aliphatic rings. The Morgan fingerprint density at radius 3 is 2.94 bits per heavy atom. The molecule has 0 radical (unpaired) electrons. The molecule has 0 aromatic carbocycles. The van der Waals surface area contributed by atoms with Crippen LogP contribution in [0.4, 0.5) is 5.69 Å². The van der Waals surface area contributed by atoms with Gasteiger partial charge < -0.3 is 10.8 Å². The van der Waals surface area contributed by atoms with E-state index in [2.05, 4.69) is 4.98 Å². The number of aliphatic carboxylic acids is 1. The number of nitrogens with two attached hydrogens (primary N) is 1. The van der Waals surface area contributed by atoms with Gasteiger partial charge in [-0.2, -0.15) is 0 Å². The quantitative estimate of drug-likeness (QED) is 0.723. The minimum atomic E-state index is -0.976. The van der Waals surface area contributed by atoms with Gasteiger partial charge in [0.2, 0.25) is 0 Å². The van der Waals surface area contributed by atoms with Gasteiger partial charge in [-0.05, 0) is 6.42 Å². The molecule has 1 aromatic rings. The Morgan fingerprint density at radius 2 is 2.31 bits per heavy atom. The van der Waals surface area contributed by atoms with Crippen LogP contribution < -0.4 is 11.3 Å². The van der Waals surface area contributed by atoms with Crippen LogP contribution in [0.3, 0.4) is 0 Å². The molecule has 86 valence electrons. The van der Waals surface area contributed by atoms with E-state index in [-0.39, 0.29) is 29.9 Å².